The van der Waals surface area contributed by atoms with Crippen LogP contribution >= 0.6 is 23.2 Å². The van der Waals surface area contributed by atoms with Gasteiger partial charge >= 0.3 is 0 Å². The van der Waals surface area contributed by atoms with Crippen LogP contribution in [0, 0.1) is 0 Å². The van der Waals surface area contributed by atoms with E-state index in [1.807, 2.05) is 48.5 Å². The summed E-state index contributed by atoms with van der Waals surface area (Å²) in [5.74, 6) is 0.882. The van der Waals surface area contributed by atoms with Crippen molar-refractivity contribution < 1.29 is 14.3 Å². The molecule has 0 aromatic heterocycles. The van der Waals surface area contributed by atoms with Gasteiger partial charge in [0.25, 0.3) is 5.91 Å². The zero-order valence-corrected chi connectivity index (χ0v) is 17.7. The number of amides is 1. The number of hydrogen-bond acceptors (Lipinski definition) is 4. The Balaban J connectivity index is 1.46. The lowest BCUT2D eigenvalue weighted by Crippen LogP contribution is -2.33. The number of halogens is 2. The molecule has 1 N–H and O–H groups in total. The molecule has 30 heavy (non-hydrogen) atoms. The third kappa shape index (κ3) is 6.79. The molecule has 0 bridgehead atoms. The summed E-state index contributed by atoms with van der Waals surface area (Å²) in [4.78, 5) is 12.1. The van der Waals surface area contributed by atoms with Crippen molar-refractivity contribution in [3.63, 3.8) is 0 Å². The predicted octanol–water partition coefficient (Wildman–Crippen LogP) is 5.49. The van der Waals surface area contributed by atoms with Crippen LogP contribution in [0.3, 0.4) is 0 Å². The molecule has 0 aliphatic carbocycles. The SMILES string of the molecule is C[C@H](Oc1cccc(Cl)c1)C(=O)N/N=C\c1ccc(OCc2ccc(Cl)cc2)cc1. The zero-order chi connectivity index (χ0) is 21.3. The van der Waals surface area contributed by atoms with E-state index in [-0.39, 0.29) is 5.91 Å². The number of hydrazone groups is 1. The lowest BCUT2D eigenvalue weighted by molar-refractivity contribution is -0.127. The second-order valence-corrected chi connectivity index (χ2v) is 7.31. The minimum absolute atomic E-state index is 0.367. The van der Waals surface area contributed by atoms with Crippen molar-refractivity contribution in [3.05, 3.63) is 94.0 Å². The van der Waals surface area contributed by atoms with E-state index in [0.29, 0.717) is 22.4 Å². The molecule has 3 aromatic rings. The van der Waals surface area contributed by atoms with E-state index in [0.717, 1.165) is 16.9 Å². The first-order valence-electron chi connectivity index (χ1n) is 9.22. The van der Waals surface area contributed by atoms with Gasteiger partial charge in [-0.15, -0.1) is 0 Å². The summed E-state index contributed by atoms with van der Waals surface area (Å²) in [6.45, 7) is 2.09. The Labute approximate surface area is 185 Å². The largest absolute Gasteiger partial charge is 0.489 e. The first kappa shape index (κ1) is 21.7. The number of benzene rings is 3. The Hall–Kier alpha value is -3.02. The second kappa shape index (κ2) is 10.7. The molecule has 0 aliphatic heterocycles. The van der Waals surface area contributed by atoms with Gasteiger partial charge in [0.15, 0.2) is 6.10 Å². The van der Waals surface area contributed by atoms with E-state index in [9.17, 15) is 4.79 Å². The molecule has 3 rings (SSSR count). The van der Waals surface area contributed by atoms with Crippen LogP contribution in [0.15, 0.2) is 77.9 Å². The van der Waals surface area contributed by atoms with E-state index in [2.05, 4.69) is 10.5 Å². The van der Waals surface area contributed by atoms with Gasteiger partial charge in [-0.05, 0) is 72.6 Å². The van der Waals surface area contributed by atoms with Crippen LogP contribution < -0.4 is 14.9 Å². The molecule has 154 valence electrons. The molecule has 0 spiro atoms. The third-order valence-corrected chi connectivity index (χ3v) is 4.55. The quantitative estimate of drug-likeness (QED) is 0.370. The summed E-state index contributed by atoms with van der Waals surface area (Å²) in [6, 6.07) is 21.7. The molecule has 1 amide bonds. The van der Waals surface area contributed by atoms with Crippen molar-refractivity contribution in [2.45, 2.75) is 19.6 Å². The fourth-order valence-electron chi connectivity index (χ4n) is 2.46. The molecule has 0 saturated carbocycles. The van der Waals surface area contributed by atoms with Crippen molar-refractivity contribution in [2.24, 2.45) is 5.10 Å². The van der Waals surface area contributed by atoms with Crippen LogP contribution in [-0.4, -0.2) is 18.2 Å². The molecule has 0 heterocycles. The summed E-state index contributed by atoms with van der Waals surface area (Å²) in [5.41, 5.74) is 4.31. The average Bonchev–Trinajstić information content (AvgIpc) is 2.74. The average molecular weight is 443 g/mol. The highest BCUT2D eigenvalue weighted by molar-refractivity contribution is 6.30. The number of hydrogen-bond donors (Lipinski definition) is 1. The van der Waals surface area contributed by atoms with Crippen molar-refractivity contribution in [2.75, 3.05) is 0 Å². The fourth-order valence-corrected chi connectivity index (χ4v) is 2.76. The maximum atomic E-state index is 12.1. The highest BCUT2D eigenvalue weighted by Gasteiger charge is 2.13. The van der Waals surface area contributed by atoms with Gasteiger partial charge in [-0.2, -0.15) is 5.10 Å². The predicted molar refractivity (Wildman–Crippen MR) is 120 cm³/mol. The van der Waals surface area contributed by atoms with Gasteiger partial charge in [-0.1, -0.05) is 41.4 Å². The fraction of sp³-hybridized carbons (Fsp3) is 0.130. The molecular weight excluding hydrogens is 423 g/mol. The van der Waals surface area contributed by atoms with Gasteiger partial charge in [-0.3, -0.25) is 4.79 Å². The Kier molecular flexibility index (Phi) is 7.71. The van der Waals surface area contributed by atoms with Crippen LogP contribution in [0.4, 0.5) is 0 Å². The third-order valence-electron chi connectivity index (χ3n) is 4.07. The van der Waals surface area contributed by atoms with Crippen molar-refractivity contribution in [1.82, 2.24) is 5.43 Å². The molecule has 0 fully saturated rings. The smallest absolute Gasteiger partial charge is 0.280 e. The van der Waals surface area contributed by atoms with Gasteiger partial charge in [0.1, 0.15) is 18.1 Å². The molecular formula is C23H20Cl2N2O3. The summed E-state index contributed by atoms with van der Waals surface area (Å²) in [7, 11) is 0. The Morgan fingerprint density at radius 2 is 1.73 bits per heavy atom. The van der Waals surface area contributed by atoms with Gasteiger partial charge in [-0.25, -0.2) is 5.43 Å². The van der Waals surface area contributed by atoms with Crippen molar-refractivity contribution >= 4 is 35.3 Å². The van der Waals surface area contributed by atoms with E-state index in [1.165, 1.54) is 0 Å². The molecule has 0 saturated heterocycles. The Bertz CT molecular complexity index is 1010. The van der Waals surface area contributed by atoms with E-state index in [4.69, 9.17) is 32.7 Å². The van der Waals surface area contributed by atoms with E-state index in [1.54, 1.807) is 37.4 Å². The maximum Gasteiger partial charge on any atom is 0.280 e. The Morgan fingerprint density at radius 3 is 2.43 bits per heavy atom. The van der Waals surface area contributed by atoms with Crippen LogP contribution in [0.25, 0.3) is 0 Å². The number of carbonyl (C=O) groups is 1. The number of nitrogens with zero attached hydrogens (tertiary/aromatic N) is 1. The summed E-state index contributed by atoms with van der Waals surface area (Å²) >= 11 is 11.8. The standard InChI is InChI=1S/C23H20Cl2N2O3/c1-16(30-22-4-2-3-20(25)13-22)23(28)27-26-14-17-7-11-21(12-8-17)29-15-18-5-9-19(24)10-6-18/h2-14,16H,15H2,1H3,(H,27,28)/b26-14-/t16-/m0/s1. The summed E-state index contributed by atoms with van der Waals surface area (Å²) < 4.78 is 11.3. The molecule has 0 radical (unpaired) electrons. The number of nitrogens with one attached hydrogen (secondary N) is 1. The molecule has 5 nitrogen and oxygen atoms in total. The van der Waals surface area contributed by atoms with Gasteiger partial charge in [0, 0.05) is 10.0 Å². The van der Waals surface area contributed by atoms with Crippen LogP contribution in [0.5, 0.6) is 11.5 Å². The molecule has 0 aliphatic rings. The number of carbonyl (C=O) groups excluding carboxylic acids is 1. The summed E-state index contributed by atoms with van der Waals surface area (Å²) in [5, 5.41) is 5.20. The minimum Gasteiger partial charge on any atom is -0.489 e. The van der Waals surface area contributed by atoms with Crippen LogP contribution in [0.1, 0.15) is 18.1 Å². The zero-order valence-electron chi connectivity index (χ0n) is 16.2. The highest BCUT2D eigenvalue weighted by Crippen LogP contribution is 2.18. The van der Waals surface area contributed by atoms with Crippen LogP contribution in [-0.2, 0) is 11.4 Å². The Morgan fingerprint density at radius 1 is 1.00 bits per heavy atom. The molecule has 1 atom stereocenters. The minimum atomic E-state index is -0.718. The van der Waals surface area contributed by atoms with Crippen LogP contribution in [0.2, 0.25) is 10.0 Å². The molecule has 3 aromatic carbocycles. The number of rotatable bonds is 8. The monoisotopic (exact) mass is 442 g/mol. The second-order valence-electron chi connectivity index (χ2n) is 6.44. The van der Waals surface area contributed by atoms with E-state index >= 15 is 0 Å². The lowest BCUT2D eigenvalue weighted by atomic mass is 10.2. The van der Waals surface area contributed by atoms with E-state index < -0.39 is 6.10 Å². The summed E-state index contributed by atoms with van der Waals surface area (Å²) in [6.07, 6.45) is 0.830. The maximum absolute atomic E-state index is 12.1. The highest BCUT2D eigenvalue weighted by atomic mass is 35.5. The molecule has 7 heteroatoms. The topological polar surface area (TPSA) is 59.9 Å². The van der Waals surface area contributed by atoms with Gasteiger partial charge in [0.2, 0.25) is 0 Å². The van der Waals surface area contributed by atoms with Crippen molar-refractivity contribution in [3.8, 4) is 11.5 Å². The van der Waals surface area contributed by atoms with Gasteiger partial charge in [0.05, 0.1) is 6.21 Å². The van der Waals surface area contributed by atoms with Gasteiger partial charge < -0.3 is 9.47 Å². The van der Waals surface area contributed by atoms with Crippen molar-refractivity contribution in [1.29, 1.82) is 0 Å². The number of ether oxygens (including phenoxy) is 2. The first-order chi connectivity index (χ1) is 14.5. The first-order valence-corrected chi connectivity index (χ1v) is 9.97. The molecule has 0 unspecified atom stereocenters. The normalized spacial score (nSPS) is 11.8. The lowest BCUT2D eigenvalue weighted by Gasteiger charge is -2.12.